The highest BCUT2D eigenvalue weighted by molar-refractivity contribution is 6.63. The Kier molecular flexibility index (Phi) is 6.10. The van der Waals surface area contributed by atoms with E-state index in [2.05, 4.69) is 15.5 Å². The van der Waals surface area contributed by atoms with Crippen LogP contribution in [0.4, 0.5) is 0 Å². The zero-order valence-electron chi connectivity index (χ0n) is 11.8. The summed E-state index contributed by atoms with van der Waals surface area (Å²) in [6, 6.07) is 7.16. The summed E-state index contributed by atoms with van der Waals surface area (Å²) in [5.41, 5.74) is 0.860. The highest BCUT2D eigenvalue weighted by atomic mass is 35.5. The standard InChI is InChI=1S/C15H15Cl2N3O2/c16-12-6-4-10(5-7-12)9-18-20-14-3-1-2-11(8-13(17)21)15(22)19-14/h4-7,9,11H,1-3,8H2,(H,19,20,22)/b18-9+. The van der Waals surface area contributed by atoms with Crippen LogP contribution in [-0.2, 0) is 9.59 Å². The van der Waals surface area contributed by atoms with E-state index in [-0.39, 0.29) is 12.3 Å². The van der Waals surface area contributed by atoms with Crippen molar-refractivity contribution in [2.75, 3.05) is 0 Å². The molecule has 1 aromatic carbocycles. The summed E-state index contributed by atoms with van der Waals surface area (Å²) in [6.45, 7) is 0. The van der Waals surface area contributed by atoms with E-state index in [0.29, 0.717) is 23.7 Å². The summed E-state index contributed by atoms with van der Waals surface area (Å²) in [4.78, 5) is 22.9. The molecular formula is C15H15Cl2N3O2. The van der Waals surface area contributed by atoms with E-state index in [1.165, 1.54) is 0 Å². The fraction of sp³-hybridized carbons (Fsp3) is 0.333. The third kappa shape index (κ3) is 5.24. The quantitative estimate of drug-likeness (QED) is 0.520. The van der Waals surface area contributed by atoms with Crippen molar-refractivity contribution in [1.82, 2.24) is 5.32 Å². The Morgan fingerprint density at radius 3 is 2.77 bits per heavy atom. The van der Waals surface area contributed by atoms with Crippen molar-refractivity contribution in [3.63, 3.8) is 0 Å². The lowest BCUT2D eigenvalue weighted by Crippen LogP contribution is -2.33. The second-order valence-corrected chi connectivity index (χ2v) is 5.84. The zero-order chi connectivity index (χ0) is 15.9. The molecule has 1 aliphatic heterocycles. The van der Waals surface area contributed by atoms with E-state index in [1.807, 2.05) is 12.1 Å². The number of amides is 1. The predicted octanol–water partition coefficient (Wildman–Crippen LogP) is 3.14. The van der Waals surface area contributed by atoms with Crippen LogP contribution in [0.5, 0.6) is 0 Å². The molecule has 1 amide bonds. The van der Waals surface area contributed by atoms with E-state index >= 15 is 0 Å². The summed E-state index contributed by atoms with van der Waals surface area (Å²) in [6.07, 6.45) is 3.61. The summed E-state index contributed by atoms with van der Waals surface area (Å²) < 4.78 is 0. The van der Waals surface area contributed by atoms with Crippen LogP contribution in [0.2, 0.25) is 5.02 Å². The molecule has 22 heavy (non-hydrogen) atoms. The monoisotopic (exact) mass is 339 g/mol. The van der Waals surface area contributed by atoms with Crippen LogP contribution in [0, 0.1) is 5.92 Å². The van der Waals surface area contributed by atoms with Gasteiger partial charge >= 0.3 is 0 Å². The first-order valence-electron chi connectivity index (χ1n) is 6.89. The maximum Gasteiger partial charge on any atom is 0.228 e. The first-order valence-corrected chi connectivity index (χ1v) is 7.65. The van der Waals surface area contributed by atoms with Crippen molar-refractivity contribution >= 4 is 46.4 Å². The predicted molar refractivity (Wildman–Crippen MR) is 87.4 cm³/mol. The van der Waals surface area contributed by atoms with Gasteiger partial charge in [-0.05, 0) is 42.1 Å². The smallest absolute Gasteiger partial charge is 0.228 e. The third-order valence-electron chi connectivity index (χ3n) is 3.27. The SMILES string of the molecule is O=C(Cl)CC1CCC/C(=N\N=C\c2ccc(Cl)cc2)NC1=O. The molecular weight excluding hydrogens is 325 g/mol. The van der Waals surface area contributed by atoms with Gasteiger partial charge in [-0.25, -0.2) is 0 Å². The van der Waals surface area contributed by atoms with Gasteiger partial charge in [-0.3, -0.25) is 9.59 Å². The Balaban J connectivity index is 1.98. The van der Waals surface area contributed by atoms with Crippen LogP contribution in [0.1, 0.15) is 31.2 Å². The van der Waals surface area contributed by atoms with Crippen LogP contribution in [-0.4, -0.2) is 23.2 Å². The normalized spacial score (nSPS) is 20.9. The molecule has 0 aliphatic carbocycles. The molecule has 0 saturated carbocycles. The Labute approximate surface area is 138 Å². The van der Waals surface area contributed by atoms with Crippen molar-refractivity contribution in [2.45, 2.75) is 25.7 Å². The number of nitrogens with zero attached hydrogens (tertiary/aromatic N) is 2. The van der Waals surface area contributed by atoms with E-state index in [0.717, 1.165) is 12.0 Å². The Morgan fingerprint density at radius 2 is 2.09 bits per heavy atom. The minimum absolute atomic E-state index is 0.0503. The molecule has 0 radical (unpaired) electrons. The number of rotatable bonds is 4. The second-order valence-electron chi connectivity index (χ2n) is 4.98. The van der Waals surface area contributed by atoms with Gasteiger partial charge in [0.05, 0.1) is 6.21 Å². The highest BCUT2D eigenvalue weighted by Gasteiger charge is 2.25. The minimum Gasteiger partial charge on any atom is -0.312 e. The Hall–Kier alpha value is -1.72. The van der Waals surface area contributed by atoms with E-state index in [1.54, 1.807) is 18.3 Å². The average Bonchev–Trinajstić information content (AvgIpc) is 2.63. The van der Waals surface area contributed by atoms with Gasteiger partial charge in [0.2, 0.25) is 11.1 Å². The van der Waals surface area contributed by atoms with Gasteiger partial charge in [0, 0.05) is 23.8 Å². The average molecular weight is 340 g/mol. The zero-order valence-corrected chi connectivity index (χ0v) is 13.3. The maximum atomic E-state index is 12.0. The lowest BCUT2D eigenvalue weighted by molar-refractivity contribution is -0.126. The lowest BCUT2D eigenvalue weighted by Gasteiger charge is -2.09. The summed E-state index contributed by atoms with van der Waals surface area (Å²) in [5.74, 6) is -0.121. The van der Waals surface area contributed by atoms with Crippen molar-refractivity contribution in [3.05, 3.63) is 34.9 Å². The molecule has 116 valence electrons. The number of carbonyl (C=O) groups is 2. The Bertz CT molecular complexity index is 612. The van der Waals surface area contributed by atoms with E-state index in [4.69, 9.17) is 23.2 Å². The molecule has 1 N–H and O–H groups in total. The first-order chi connectivity index (χ1) is 10.5. The molecule has 1 heterocycles. The largest absolute Gasteiger partial charge is 0.312 e. The molecule has 1 aromatic rings. The molecule has 1 saturated heterocycles. The number of carbonyl (C=O) groups excluding carboxylic acids is 2. The number of amidine groups is 1. The minimum atomic E-state index is -0.499. The van der Waals surface area contributed by atoms with Gasteiger partial charge in [0.1, 0.15) is 5.84 Å². The van der Waals surface area contributed by atoms with Crippen LogP contribution >= 0.6 is 23.2 Å². The van der Waals surface area contributed by atoms with Gasteiger partial charge in [0.15, 0.2) is 0 Å². The van der Waals surface area contributed by atoms with E-state index < -0.39 is 11.2 Å². The van der Waals surface area contributed by atoms with Crippen LogP contribution in [0.15, 0.2) is 34.5 Å². The fourth-order valence-corrected chi connectivity index (χ4v) is 2.44. The fourth-order valence-electron chi connectivity index (χ4n) is 2.13. The van der Waals surface area contributed by atoms with Crippen molar-refractivity contribution in [3.8, 4) is 0 Å². The maximum absolute atomic E-state index is 12.0. The Morgan fingerprint density at radius 1 is 1.36 bits per heavy atom. The molecule has 0 aromatic heterocycles. The number of benzene rings is 1. The topological polar surface area (TPSA) is 70.9 Å². The van der Waals surface area contributed by atoms with Gasteiger partial charge < -0.3 is 5.32 Å². The third-order valence-corrected chi connectivity index (χ3v) is 3.67. The summed E-state index contributed by atoms with van der Waals surface area (Å²) in [7, 11) is 0. The number of hydrogen-bond donors (Lipinski definition) is 1. The van der Waals surface area contributed by atoms with Crippen LogP contribution < -0.4 is 5.32 Å². The molecule has 1 atom stereocenters. The summed E-state index contributed by atoms with van der Waals surface area (Å²) >= 11 is 11.1. The second kappa shape index (κ2) is 8.06. The lowest BCUT2D eigenvalue weighted by atomic mass is 10.00. The molecule has 0 bridgehead atoms. The molecule has 1 aliphatic rings. The van der Waals surface area contributed by atoms with Crippen LogP contribution in [0.3, 0.4) is 0 Å². The molecule has 0 spiro atoms. The molecule has 5 nitrogen and oxygen atoms in total. The van der Waals surface area contributed by atoms with Crippen molar-refractivity contribution in [1.29, 1.82) is 0 Å². The van der Waals surface area contributed by atoms with Crippen molar-refractivity contribution in [2.24, 2.45) is 16.1 Å². The molecule has 1 unspecified atom stereocenters. The summed E-state index contributed by atoms with van der Waals surface area (Å²) in [5, 5.41) is 10.8. The van der Waals surface area contributed by atoms with Gasteiger partial charge in [-0.1, -0.05) is 23.7 Å². The van der Waals surface area contributed by atoms with Gasteiger partial charge in [-0.2, -0.15) is 5.10 Å². The van der Waals surface area contributed by atoms with E-state index in [9.17, 15) is 9.59 Å². The van der Waals surface area contributed by atoms with Gasteiger partial charge in [-0.15, -0.1) is 5.10 Å². The van der Waals surface area contributed by atoms with Crippen molar-refractivity contribution < 1.29 is 9.59 Å². The molecule has 7 heteroatoms. The van der Waals surface area contributed by atoms with Gasteiger partial charge in [0.25, 0.3) is 0 Å². The molecule has 2 rings (SSSR count). The first kappa shape index (κ1) is 16.6. The highest BCUT2D eigenvalue weighted by Crippen LogP contribution is 2.18. The number of halogens is 2. The molecule has 1 fully saturated rings. The number of nitrogens with one attached hydrogen (secondary N) is 1. The number of hydrogen-bond acceptors (Lipinski definition) is 4. The van der Waals surface area contributed by atoms with Crippen LogP contribution in [0.25, 0.3) is 0 Å².